The Morgan fingerprint density at radius 3 is 3.04 bits per heavy atom. The molecule has 1 atom stereocenters. The molecule has 0 N–H and O–H groups in total. The Balaban J connectivity index is 1.51. The van der Waals surface area contributed by atoms with E-state index in [-0.39, 0.29) is 18.8 Å². The van der Waals surface area contributed by atoms with Gasteiger partial charge in [0.1, 0.15) is 24.4 Å². The second-order valence-corrected chi connectivity index (χ2v) is 6.05. The molecule has 0 saturated carbocycles. The van der Waals surface area contributed by atoms with Crippen LogP contribution in [0, 0.1) is 5.82 Å². The summed E-state index contributed by atoms with van der Waals surface area (Å²) in [6.07, 6.45) is 5.16. The lowest BCUT2D eigenvalue weighted by molar-refractivity contribution is 0.145. The molecule has 1 aliphatic rings. The third-order valence-electron chi connectivity index (χ3n) is 4.16. The van der Waals surface area contributed by atoms with E-state index < -0.39 is 18.0 Å². The number of amides is 1. The van der Waals surface area contributed by atoms with Crippen LogP contribution < -0.4 is 4.90 Å². The molecule has 0 bridgehead atoms. The van der Waals surface area contributed by atoms with E-state index in [1.54, 1.807) is 29.5 Å². The van der Waals surface area contributed by atoms with Crippen LogP contribution in [0.4, 0.5) is 14.9 Å². The molecule has 0 spiro atoms. The van der Waals surface area contributed by atoms with Crippen molar-refractivity contribution in [2.75, 3.05) is 18.0 Å². The molecule has 0 radical (unpaired) electrons. The summed E-state index contributed by atoms with van der Waals surface area (Å²) in [5.41, 5.74) is 9.79. The van der Waals surface area contributed by atoms with Gasteiger partial charge in [0.15, 0.2) is 5.82 Å². The Hall–Kier alpha value is -3.92. The first-order chi connectivity index (χ1) is 13.6. The van der Waals surface area contributed by atoms with Gasteiger partial charge in [0.2, 0.25) is 0 Å². The van der Waals surface area contributed by atoms with E-state index in [1.165, 1.54) is 28.0 Å². The van der Waals surface area contributed by atoms with Crippen LogP contribution in [0.3, 0.4) is 0 Å². The molecule has 142 valence electrons. The van der Waals surface area contributed by atoms with Gasteiger partial charge in [0.25, 0.3) is 0 Å². The lowest BCUT2D eigenvalue weighted by Gasteiger charge is -2.14. The Kier molecular flexibility index (Phi) is 4.60. The zero-order valence-electron chi connectivity index (χ0n) is 14.5. The number of azide groups is 1. The highest BCUT2D eigenvalue weighted by Crippen LogP contribution is 2.25. The minimum atomic E-state index is -0.612. The smallest absolute Gasteiger partial charge is 0.414 e. The SMILES string of the molecule is [N-]=[N+]=NC[C@H]1CN(c2ccc(-n3cc(Cn4cncn4)cn3)c(F)c2)C(=O)O1. The first-order valence-corrected chi connectivity index (χ1v) is 8.29. The van der Waals surface area contributed by atoms with Crippen LogP contribution in [0.2, 0.25) is 0 Å². The third-order valence-corrected chi connectivity index (χ3v) is 4.16. The number of hydrogen-bond donors (Lipinski definition) is 0. The minimum absolute atomic E-state index is 0.0289. The van der Waals surface area contributed by atoms with E-state index in [2.05, 4.69) is 25.2 Å². The Morgan fingerprint density at radius 1 is 1.39 bits per heavy atom. The summed E-state index contributed by atoms with van der Waals surface area (Å²) >= 11 is 0. The molecule has 11 nitrogen and oxygen atoms in total. The highest BCUT2D eigenvalue weighted by Gasteiger charge is 2.32. The van der Waals surface area contributed by atoms with E-state index in [1.807, 2.05) is 0 Å². The second-order valence-electron chi connectivity index (χ2n) is 6.05. The lowest BCUT2D eigenvalue weighted by atomic mass is 10.2. The Morgan fingerprint density at radius 2 is 2.29 bits per heavy atom. The third kappa shape index (κ3) is 3.48. The molecule has 1 amide bonds. The fraction of sp³-hybridized carbons (Fsp3) is 0.250. The lowest BCUT2D eigenvalue weighted by Crippen LogP contribution is -2.25. The van der Waals surface area contributed by atoms with Gasteiger partial charge >= 0.3 is 6.09 Å². The molecule has 1 saturated heterocycles. The maximum atomic E-state index is 14.7. The first-order valence-electron chi connectivity index (χ1n) is 8.29. The van der Waals surface area contributed by atoms with Crippen LogP contribution >= 0.6 is 0 Å². The van der Waals surface area contributed by atoms with Gasteiger partial charge in [0, 0.05) is 16.7 Å². The fourth-order valence-electron chi connectivity index (χ4n) is 2.88. The average Bonchev–Trinajstić information content (AvgIpc) is 3.42. The number of carbonyl (C=O) groups excluding carboxylic acids is 1. The molecule has 1 aromatic carbocycles. The van der Waals surface area contributed by atoms with Crippen molar-refractivity contribution in [3.05, 3.63) is 65.1 Å². The molecule has 1 fully saturated rings. The average molecular weight is 383 g/mol. The Labute approximate surface area is 157 Å². The number of ether oxygens (including phenoxy) is 1. The number of hydrogen-bond acceptors (Lipinski definition) is 6. The zero-order chi connectivity index (χ0) is 19.5. The summed E-state index contributed by atoms with van der Waals surface area (Å²) in [6, 6.07) is 4.38. The largest absolute Gasteiger partial charge is 0.444 e. The van der Waals surface area contributed by atoms with E-state index in [4.69, 9.17) is 10.3 Å². The van der Waals surface area contributed by atoms with Gasteiger partial charge in [-0.3, -0.25) is 4.90 Å². The summed E-state index contributed by atoms with van der Waals surface area (Å²) in [4.78, 5) is 19.8. The van der Waals surface area contributed by atoms with E-state index in [0.717, 1.165) is 5.56 Å². The van der Waals surface area contributed by atoms with Gasteiger partial charge in [-0.2, -0.15) is 10.2 Å². The topological polar surface area (TPSA) is 127 Å². The maximum Gasteiger partial charge on any atom is 0.414 e. The van der Waals surface area contributed by atoms with Crippen molar-refractivity contribution >= 4 is 11.8 Å². The van der Waals surface area contributed by atoms with Crippen LogP contribution in [0.15, 0.2) is 48.4 Å². The van der Waals surface area contributed by atoms with Gasteiger partial charge in [-0.1, -0.05) is 5.11 Å². The normalized spacial score (nSPS) is 16.1. The van der Waals surface area contributed by atoms with E-state index in [0.29, 0.717) is 12.2 Å². The van der Waals surface area contributed by atoms with Gasteiger partial charge in [0.05, 0.1) is 31.5 Å². The predicted molar refractivity (Wildman–Crippen MR) is 94.3 cm³/mol. The number of aromatic nitrogens is 5. The molecular weight excluding hydrogens is 369 g/mol. The summed E-state index contributed by atoms with van der Waals surface area (Å²) in [7, 11) is 0. The summed E-state index contributed by atoms with van der Waals surface area (Å²) in [5, 5.41) is 11.6. The second kappa shape index (κ2) is 7.37. The molecule has 12 heteroatoms. The number of benzene rings is 1. The van der Waals surface area contributed by atoms with Crippen molar-refractivity contribution in [1.82, 2.24) is 24.5 Å². The van der Waals surface area contributed by atoms with Crippen LogP contribution in [0.1, 0.15) is 5.56 Å². The molecule has 1 aliphatic heterocycles. The number of nitrogens with zero attached hydrogens (tertiary/aromatic N) is 9. The molecular formula is C16H14FN9O2. The van der Waals surface area contributed by atoms with Crippen LogP contribution in [-0.4, -0.2) is 49.8 Å². The number of cyclic esters (lactones) is 1. The molecule has 3 aromatic rings. The van der Waals surface area contributed by atoms with Crippen LogP contribution in [0.25, 0.3) is 16.1 Å². The zero-order valence-corrected chi connectivity index (χ0v) is 14.5. The van der Waals surface area contributed by atoms with Gasteiger partial charge in [-0.05, 0) is 23.7 Å². The van der Waals surface area contributed by atoms with Crippen LogP contribution in [0.5, 0.6) is 0 Å². The molecule has 3 heterocycles. The van der Waals surface area contributed by atoms with Gasteiger partial charge in [-0.15, -0.1) is 0 Å². The summed E-state index contributed by atoms with van der Waals surface area (Å²) < 4.78 is 22.8. The number of halogens is 1. The van der Waals surface area contributed by atoms with Crippen molar-refractivity contribution < 1.29 is 13.9 Å². The highest BCUT2D eigenvalue weighted by molar-refractivity contribution is 5.89. The number of anilines is 1. The Bertz CT molecular complexity index is 1040. The molecule has 4 rings (SSSR count). The minimum Gasteiger partial charge on any atom is -0.444 e. The standard InChI is InChI=1S/C16H14FN9O2/c17-14-3-12(25-8-13(5-20-23-18)28-16(25)27)1-2-15(14)26-7-11(4-21-26)6-24-10-19-9-22-24/h1-4,7,9-10,13H,5-6,8H2/t13-/m0/s1. The van der Waals surface area contributed by atoms with Crippen molar-refractivity contribution in [3.63, 3.8) is 0 Å². The van der Waals surface area contributed by atoms with Crippen LogP contribution in [-0.2, 0) is 11.3 Å². The maximum absolute atomic E-state index is 14.7. The molecule has 2 aromatic heterocycles. The quantitative estimate of drug-likeness (QED) is 0.366. The fourth-order valence-corrected chi connectivity index (χ4v) is 2.88. The number of rotatable bonds is 6. The van der Waals surface area contributed by atoms with Crippen molar-refractivity contribution in [3.8, 4) is 5.69 Å². The molecule has 0 unspecified atom stereocenters. The van der Waals surface area contributed by atoms with E-state index >= 15 is 0 Å². The van der Waals surface area contributed by atoms with E-state index in [9.17, 15) is 9.18 Å². The monoisotopic (exact) mass is 383 g/mol. The summed E-state index contributed by atoms with van der Waals surface area (Å²) in [5.74, 6) is -0.542. The van der Waals surface area contributed by atoms with Crippen molar-refractivity contribution in [2.45, 2.75) is 12.6 Å². The highest BCUT2D eigenvalue weighted by atomic mass is 19.1. The summed E-state index contributed by atoms with van der Waals surface area (Å²) in [6.45, 7) is 0.674. The molecule has 0 aliphatic carbocycles. The first kappa shape index (κ1) is 17.5. The molecule has 28 heavy (non-hydrogen) atoms. The van der Waals surface area contributed by atoms with Crippen molar-refractivity contribution in [1.29, 1.82) is 0 Å². The van der Waals surface area contributed by atoms with Crippen molar-refractivity contribution in [2.24, 2.45) is 5.11 Å². The van der Waals surface area contributed by atoms with Gasteiger partial charge in [-0.25, -0.2) is 23.5 Å². The predicted octanol–water partition coefficient (Wildman–Crippen LogP) is 2.29. The van der Waals surface area contributed by atoms with Gasteiger partial charge < -0.3 is 4.74 Å². The number of carbonyl (C=O) groups is 1.